The molecule has 12 heteroatoms. The van der Waals surface area contributed by atoms with Gasteiger partial charge in [-0.3, -0.25) is 24.3 Å². The molecular formula is C60H66N8O4. The Hall–Kier alpha value is -7.99. The van der Waals surface area contributed by atoms with Crippen LogP contribution in [0.5, 0.6) is 0 Å². The van der Waals surface area contributed by atoms with Crippen LogP contribution in [0.15, 0.2) is 133 Å². The van der Waals surface area contributed by atoms with E-state index in [1.54, 1.807) is 13.0 Å². The molecule has 0 unspecified atom stereocenters. The van der Waals surface area contributed by atoms with Crippen molar-refractivity contribution in [3.05, 3.63) is 200 Å². The normalized spacial score (nSPS) is 13.7. The van der Waals surface area contributed by atoms with E-state index >= 15 is 0 Å². The minimum absolute atomic E-state index is 0.0823. The average Bonchev–Trinajstić information content (AvgIpc) is 3.83. The molecule has 0 fully saturated rings. The Morgan fingerprint density at radius 3 is 1.21 bits per heavy atom. The summed E-state index contributed by atoms with van der Waals surface area (Å²) in [5.41, 5.74) is 34.1. The largest absolute Gasteiger partial charge is 0.367 e. The highest BCUT2D eigenvalue weighted by molar-refractivity contribution is 5.95. The van der Waals surface area contributed by atoms with Crippen molar-refractivity contribution in [1.29, 1.82) is 0 Å². The molecule has 3 amide bonds. The number of nitrogens with two attached hydrogens (primary N) is 3. The summed E-state index contributed by atoms with van der Waals surface area (Å²) >= 11 is 0. The highest BCUT2D eigenvalue weighted by Crippen LogP contribution is 2.33. The summed E-state index contributed by atoms with van der Waals surface area (Å²) in [4.78, 5) is 52.5. The van der Waals surface area contributed by atoms with E-state index in [0.29, 0.717) is 22.6 Å². The molecule has 7 aromatic rings. The molecule has 0 saturated carbocycles. The van der Waals surface area contributed by atoms with E-state index in [4.69, 9.17) is 17.2 Å². The van der Waals surface area contributed by atoms with Gasteiger partial charge in [0, 0.05) is 89.8 Å². The number of hydrogen-bond donors (Lipinski definition) is 4. The molecule has 0 bridgehead atoms. The highest BCUT2D eigenvalue weighted by atomic mass is 16.2. The van der Waals surface area contributed by atoms with Gasteiger partial charge in [0.25, 0.3) is 0 Å². The lowest BCUT2D eigenvalue weighted by Crippen LogP contribution is -2.29. The second kappa shape index (κ2) is 22.8. The molecule has 1 aromatic heterocycles. The smallest absolute Gasteiger partial charge is 0.248 e. The van der Waals surface area contributed by atoms with Gasteiger partial charge in [-0.25, -0.2) is 0 Å². The molecule has 0 aliphatic carbocycles. The van der Waals surface area contributed by atoms with Crippen LogP contribution in [0, 0.1) is 6.92 Å². The number of nitrogens with zero attached hydrogens (tertiary/aromatic N) is 4. The number of amides is 3. The summed E-state index contributed by atoms with van der Waals surface area (Å²) in [6, 6.07) is 44.5. The van der Waals surface area contributed by atoms with E-state index in [1.165, 1.54) is 50.3 Å². The van der Waals surface area contributed by atoms with Gasteiger partial charge in [0.15, 0.2) is 5.78 Å². The fourth-order valence-corrected chi connectivity index (χ4v) is 9.84. The first kappa shape index (κ1) is 50.4. The topological polar surface area (TPSA) is 185 Å². The number of rotatable bonds is 12. The SMILES string of the molecule is CC(=O)c1ccc(CN2CCCc3cc(C(N)=O)ccc32)cc1.CC(C)c1ccc(CN2CCCc3cc(C(N)=O)ccc32)cc1.Cc1cc(-c2ccc(CN3CCCc4cc(C(N)=O)ccc43)cc2)n[nH]1. The minimum atomic E-state index is -0.384. The van der Waals surface area contributed by atoms with E-state index in [9.17, 15) is 19.2 Å². The molecule has 7 N–H and O–H groups in total. The van der Waals surface area contributed by atoms with Crippen LogP contribution in [0.4, 0.5) is 17.1 Å². The maximum absolute atomic E-state index is 11.4. The molecule has 370 valence electrons. The third-order valence-corrected chi connectivity index (χ3v) is 13.8. The zero-order chi connectivity index (χ0) is 50.9. The number of anilines is 3. The molecular weight excluding hydrogens is 897 g/mol. The Morgan fingerprint density at radius 2 is 0.875 bits per heavy atom. The van der Waals surface area contributed by atoms with Crippen molar-refractivity contribution in [1.82, 2.24) is 10.2 Å². The van der Waals surface area contributed by atoms with E-state index in [1.807, 2.05) is 85.8 Å². The van der Waals surface area contributed by atoms with Gasteiger partial charge in [-0.05, 0) is 158 Å². The van der Waals surface area contributed by atoms with Gasteiger partial charge in [-0.2, -0.15) is 5.10 Å². The first-order chi connectivity index (χ1) is 34.7. The zero-order valence-electron chi connectivity index (χ0n) is 41.9. The molecule has 0 spiro atoms. The van der Waals surface area contributed by atoms with Gasteiger partial charge in [0.2, 0.25) is 17.7 Å². The zero-order valence-corrected chi connectivity index (χ0v) is 41.9. The molecule has 12 nitrogen and oxygen atoms in total. The van der Waals surface area contributed by atoms with Crippen molar-refractivity contribution >= 4 is 40.6 Å². The number of benzene rings is 6. The molecule has 72 heavy (non-hydrogen) atoms. The van der Waals surface area contributed by atoms with Crippen LogP contribution in [0.25, 0.3) is 11.3 Å². The molecule has 6 aromatic carbocycles. The van der Waals surface area contributed by atoms with Crippen LogP contribution in [-0.4, -0.2) is 53.3 Å². The predicted molar refractivity (Wildman–Crippen MR) is 289 cm³/mol. The number of aromatic amines is 1. The Kier molecular flexibility index (Phi) is 16.0. The van der Waals surface area contributed by atoms with E-state index in [2.05, 4.69) is 87.3 Å². The Labute approximate surface area is 423 Å². The number of hydrogen-bond acceptors (Lipinski definition) is 8. The molecule has 4 heterocycles. The lowest BCUT2D eigenvalue weighted by Gasteiger charge is -2.31. The highest BCUT2D eigenvalue weighted by Gasteiger charge is 2.21. The quantitative estimate of drug-likeness (QED) is 0.0872. The predicted octanol–water partition coefficient (Wildman–Crippen LogP) is 10.2. The second-order valence-corrected chi connectivity index (χ2v) is 19.5. The van der Waals surface area contributed by atoms with Crippen molar-refractivity contribution in [2.75, 3.05) is 34.3 Å². The number of fused-ring (bicyclic) bond motifs is 3. The molecule has 3 aliphatic heterocycles. The van der Waals surface area contributed by atoms with Gasteiger partial charge in [0.05, 0.1) is 5.69 Å². The number of aryl methyl sites for hydroxylation is 4. The molecule has 0 radical (unpaired) electrons. The third kappa shape index (κ3) is 12.5. The standard InChI is InChI=1S/C21H22N4O.C20H24N2O.C19H20N2O2/c1-14-11-19(24-23-14)16-6-4-15(5-7-16)13-25-10-2-3-17-12-18(21(22)26)8-9-20(17)25;1-14(2)16-7-5-15(6-8-16)13-22-11-3-4-17-12-18(20(21)23)9-10-19(17)22;1-13(22)15-6-4-14(5-7-15)12-21-10-2-3-16-11-17(19(20)23)8-9-18(16)21/h4-9,11-12H,2-3,10,13H2,1H3,(H2,22,26)(H,23,24);5-10,12,14H,3-4,11,13H2,1-2H3,(H2,21,23);4-9,11H,2-3,10,12H2,1H3,(H2,20,23). The molecule has 0 saturated heterocycles. The summed E-state index contributed by atoms with van der Waals surface area (Å²) in [5.74, 6) is -0.459. The number of carbonyl (C=O) groups excluding carboxylic acids is 4. The Balaban J connectivity index is 0.000000145. The summed E-state index contributed by atoms with van der Waals surface area (Å²) in [7, 11) is 0. The summed E-state index contributed by atoms with van der Waals surface area (Å²) in [5, 5.41) is 7.29. The maximum Gasteiger partial charge on any atom is 0.248 e. The fourth-order valence-electron chi connectivity index (χ4n) is 9.84. The number of carbonyl (C=O) groups is 4. The average molecular weight is 963 g/mol. The van der Waals surface area contributed by atoms with Gasteiger partial charge in [-0.1, -0.05) is 86.6 Å². The number of ketones is 1. The molecule has 10 rings (SSSR count). The molecule has 0 atom stereocenters. The summed E-state index contributed by atoms with van der Waals surface area (Å²) < 4.78 is 0. The van der Waals surface area contributed by atoms with Crippen LogP contribution < -0.4 is 31.9 Å². The van der Waals surface area contributed by atoms with Crippen molar-refractivity contribution in [3.63, 3.8) is 0 Å². The third-order valence-electron chi connectivity index (χ3n) is 13.8. The number of Topliss-reactive ketones (excluding diaryl/α,β-unsaturated/α-hetero) is 1. The number of nitrogens with one attached hydrogen (secondary N) is 1. The number of primary amides is 3. The van der Waals surface area contributed by atoms with Gasteiger partial charge in [0.1, 0.15) is 0 Å². The summed E-state index contributed by atoms with van der Waals surface area (Å²) in [6.07, 6.45) is 6.22. The monoisotopic (exact) mass is 963 g/mol. The minimum Gasteiger partial charge on any atom is -0.367 e. The van der Waals surface area contributed by atoms with Gasteiger partial charge >= 0.3 is 0 Å². The van der Waals surface area contributed by atoms with E-state index in [0.717, 1.165) is 106 Å². The van der Waals surface area contributed by atoms with Gasteiger partial charge < -0.3 is 31.9 Å². The lowest BCUT2D eigenvalue weighted by atomic mass is 9.97. The van der Waals surface area contributed by atoms with Crippen LogP contribution >= 0.6 is 0 Å². The lowest BCUT2D eigenvalue weighted by molar-refractivity contribution is 0.0991. The second-order valence-electron chi connectivity index (χ2n) is 19.5. The molecule has 3 aliphatic rings. The number of H-pyrrole nitrogens is 1. The van der Waals surface area contributed by atoms with E-state index < -0.39 is 0 Å². The Morgan fingerprint density at radius 1 is 0.514 bits per heavy atom. The fraction of sp³-hybridized carbons (Fsp3) is 0.283. The maximum atomic E-state index is 11.4. The first-order valence-electron chi connectivity index (χ1n) is 25.0. The first-order valence-corrected chi connectivity index (χ1v) is 25.0. The van der Waals surface area contributed by atoms with Crippen molar-refractivity contribution < 1.29 is 19.2 Å². The van der Waals surface area contributed by atoms with Crippen molar-refractivity contribution in [3.8, 4) is 11.3 Å². The van der Waals surface area contributed by atoms with Gasteiger partial charge in [-0.15, -0.1) is 0 Å². The summed E-state index contributed by atoms with van der Waals surface area (Å²) in [6.45, 7) is 13.6. The van der Waals surface area contributed by atoms with Crippen molar-refractivity contribution in [2.24, 2.45) is 17.2 Å². The van der Waals surface area contributed by atoms with Crippen LogP contribution in [-0.2, 0) is 38.9 Å². The van der Waals surface area contributed by atoms with Crippen LogP contribution in [0.2, 0.25) is 0 Å². The van der Waals surface area contributed by atoms with E-state index in [-0.39, 0.29) is 23.5 Å². The van der Waals surface area contributed by atoms with Crippen LogP contribution in [0.1, 0.15) is 132 Å². The van der Waals surface area contributed by atoms with Crippen molar-refractivity contribution in [2.45, 2.75) is 91.8 Å². The Bertz CT molecular complexity index is 3050. The van der Waals surface area contributed by atoms with Crippen LogP contribution in [0.3, 0.4) is 0 Å². The number of aromatic nitrogens is 2.